The highest BCUT2D eigenvalue weighted by Gasteiger charge is 2.26. The van der Waals surface area contributed by atoms with E-state index in [-0.39, 0.29) is 0 Å². The van der Waals surface area contributed by atoms with Crippen molar-refractivity contribution in [1.82, 2.24) is 0 Å². The second-order valence-corrected chi connectivity index (χ2v) is 3.98. The first-order valence-corrected chi connectivity index (χ1v) is 5.22. The van der Waals surface area contributed by atoms with E-state index in [1.54, 1.807) is 6.08 Å². The summed E-state index contributed by atoms with van der Waals surface area (Å²) in [7, 11) is 0. The summed E-state index contributed by atoms with van der Waals surface area (Å²) in [6.07, 6.45) is 6.81. The van der Waals surface area contributed by atoms with Gasteiger partial charge in [-0.05, 0) is 25.2 Å². The minimum absolute atomic E-state index is 0.309. The van der Waals surface area contributed by atoms with E-state index in [1.807, 2.05) is 0 Å². The molecule has 2 atom stereocenters. The van der Waals surface area contributed by atoms with Crippen LogP contribution in [0.25, 0.3) is 0 Å². The molecule has 1 aliphatic rings. The molecule has 0 heterocycles. The van der Waals surface area contributed by atoms with Crippen molar-refractivity contribution in [3.8, 4) is 0 Å². The maximum absolute atomic E-state index is 9.78. The second kappa shape index (κ2) is 5.40. The van der Waals surface area contributed by atoms with E-state index < -0.39 is 12.2 Å². The third-order valence-electron chi connectivity index (χ3n) is 2.94. The molecule has 2 heteroatoms. The van der Waals surface area contributed by atoms with Crippen molar-refractivity contribution in [3.63, 3.8) is 0 Å². The second-order valence-electron chi connectivity index (χ2n) is 3.98. The van der Waals surface area contributed by atoms with Gasteiger partial charge in [0.25, 0.3) is 0 Å². The van der Waals surface area contributed by atoms with Gasteiger partial charge in [-0.15, -0.1) is 6.58 Å². The van der Waals surface area contributed by atoms with E-state index in [0.717, 1.165) is 12.8 Å². The van der Waals surface area contributed by atoms with Crippen LogP contribution in [0, 0.1) is 5.92 Å². The first-order valence-electron chi connectivity index (χ1n) is 5.22. The number of aliphatic hydroxyl groups is 2. The Morgan fingerprint density at radius 3 is 2.38 bits per heavy atom. The fourth-order valence-electron chi connectivity index (χ4n) is 2.10. The quantitative estimate of drug-likeness (QED) is 0.655. The molecule has 0 bridgehead atoms. The molecule has 0 saturated heterocycles. The Kier molecular flexibility index (Phi) is 4.46. The number of hydrogen-bond donors (Lipinski definition) is 2. The smallest absolute Gasteiger partial charge is 0.0836 e. The average molecular weight is 184 g/mol. The van der Waals surface area contributed by atoms with E-state index in [9.17, 15) is 10.2 Å². The van der Waals surface area contributed by atoms with Gasteiger partial charge in [0.2, 0.25) is 0 Å². The van der Waals surface area contributed by atoms with Crippen LogP contribution in [0.4, 0.5) is 0 Å². The van der Waals surface area contributed by atoms with Crippen LogP contribution in [-0.4, -0.2) is 22.4 Å². The Balaban J connectivity index is 2.35. The van der Waals surface area contributed by atoms with Crippen molar-refractivity contribution in [2.24, 2.45) is 5.92 Å². The molecule has 1 saturated carbocycles. The number of rotatable bonds is 4. The van der Waals surface area contributed by atoms with Gasteiger partial charge in [-0.1, -0.05) is 25.3 Å². The van der Waals surface area contributed by atoms with E-state index in [4.69, 9.17) is 0 Å². The zero-order valence-electron chi connectivity index (χ0n) is 8.15. The minimum Gasteiger partial charge on any atom is -0.390 e. The predicted octanol–water partition coefficient (Wildman–Crippen LogP) is 1.86. The van der Waals surface area contributed by atoms with Crippen LogP contribution in [0.5, 0.6) is 0 Å². The lowest BCUT2D eigenvalue weighted by atomic mass is 9.83. The zero-order valence-corrected chi connectivity index (χ0v) is 8.15. The lowest BCUT2D eigenvalue weighted by molar-refractivity contribution is -0.0250. The normalized spacial score (nSPS) is 23.8. The fraction of sp³-hybridized carbons (Fsp3) is 0.818. The number of aliphatic hydroxyl groups excluding tert-OH is 2. The Hall–Kier alpha value is -0.340. The van der Waals surface area contributed by atoms with Crippen LogP contribution in [-0.2, 0) is 0 Å². The lowest BCUT2D eigenvalue weighted by Crippen LogP contribution is -2.34. The zero-order chi connectivity index (χ0) is 9.68. The van der Waals surface area contributed by atoms with Gasteiger partial charge in [-0.25, -0.2) is 0 Å². The van der Waals surface area contributed by atoms with Gasteiger partial charge in [0.1, 0.15) is 0 Å². The van der Waals surface area contributed by atoms with Crippen LogP contribution >= 0.6 is 0 Å². The molecule has 2 nitrogen and oxygen atoms in total. The maximum atomic E-state index is 9.78. The van der Waals surface area contributed by atoms with Crippen molar-refractivity contribution in [2.45, 2.75) is 50.7 Å². The van der Waals surface area contributed by atoms with Gasteiger partial charge in [0, 0.05) is 0 Å². The molecule has 13 heavy (non-hydrogen) atoms. The summed E-state index contributed by atoms with van der Waals surface area (Å²) < 4.78 is 0. The highest BCUT2D eigenvalue weighted by molar-refractivity contribution is 4.83. The van der Waals surface area contributed by atoms with Crippen molar-refractivity contribution in [1.29, 1.82) is 0 Å². The molecule has 0 amide bonds. The van der Waals surface area contributed by atoms with E-state index in [1.165, 1.54) is 19.3 Å². The molecule has 1 rings (SSSR count). The Bertz CT molecular complexity index is 150. The Labute approximate surface area is 80.3 Å². The van der Waals surface area contributed by atoms with Crippen molar-refractivity contribution in [2.75, 3.05) is 0 Å². The van der Waals surface area contributed by atoms with Crippen molar-refractivity contribution >= 4 is 0 Å². The highest BCUT2D eigenvalue weighted by atomic mass is 16.3. The summed E-state index contributed by atoms with van der Waals surface area (Å²) in [5.41, 5.74) is 0. The van der Waals surface area contributed by atoms with Crippen molar-refractivity contribution in [3.05, 3.63) is 12.7 Å². The fourth-order valence-corrected chi connectivity index (χ4v) is 2.10. The molecule has 0 unspecified atom stereocenters. The topological polar surface area (TPSA) is 40.5 Å². The van der Waals surface area contributed by atoms with Crippen LogP contribution < -0.4 is 0 Å². The first kappa shape index (κ1) is 10.7. The third-order valence-corrected chi connectivity index (χ3v) is 2.94. The minimum atomic E-state index is -0.611. The van der Waals surface area contributed by atoms with Gasteiger partial charge in [-0.2, -0.15) is 0 Å². The summed E-state index contributed by atoms with van der Waals surface area (Å²) in [5, 5.41) is 19.3. The summed E-state index contributed by atoms with van der Waals surface area (Å²) >= 11 is 0. The molecular weight excluding hydrogens is 164 g/mol. The summed E-state index contributed by atoms with van der Waals surface area (Å²) in [5.74, 6) is 0.309. The molecule has 1 fully saturated rings. The molecule has 0 aromatic rings. The van der Waals surface area contributed by atoms with Gasteiger partial charge in [0.15, 0.2) is 0 Å². The van der Waals surface area contributed by atoms with E-state index >= 15 is 0 Å². The van der Waals surface area contributed by atoms with E-state index in [0.29, 0.717) is 12.3 Å². The van der Waals surface area contributed by atoms with Gasteiger partial charge in [-0.3, -0.25) is 0 Å². The standard InChI is InChI=1S/C11H20O2/c1-2-6-10(12)11(13)9-7-4-3-5-8-9/h2,9-13H,1,3-8H2/t10-,11+/m0/s1. The molecule has 0 aliphatic heterocycles. The molecule has 0 aromatic carbocycles. The van der Waals surface area contributed by atoms with Crippen LogP contribution in [0.15, 0.2) is 12.7 Å². The van der Waals surface area contributed by atoms with Crippen molar-refractivity contribution < 1.29 is 10.2 Å². The molecule has 1 aliphatic carbocycles. The molecule has 0 spiro atoms. The van der Waals surface area contributed by atoms with Crippen LogP contribution in [0.3, 0.4) is 0 Å². The number of hydrogen-bond acceptors (Lipinski definition) is 2. The Morgan fingerprint density at radius 2 is 1.85 bits per heavy atom. The molecule has 76 valence electrons. The Morgan fingerprint density at radius 1 is 1.23 bits per heavy atom. The monoisotopic (exact) mass is 184 g/mol. The molecule has 0 aromatic heterocycles. The predicted molar refractivity (Wildman–Crippen MR) is 53.4 cm³/mol. The maximum Gasteiger partial charge on any atom is 0.0836 e. The third kappa shape index (κ3) is 3.12. The average Bonchev–Trinajstić information content (AvgIpc) is 2.18. The van der Waals surface area contributed by atoms with Crippen LogP contribution in [0.2, 0.25) is 0 Å². The molecular formula is C11H20O2. The summed E-state index contributed by atoms with van der Waals surface area (Å²) in [6, 6.07) is 0. The highest BCUT2D eigenvalue weighted by Crippen LogP contribution is 2.28. The van der Waals surface area contributed by atoms with Gasteiger partial charge < -0.3 is 10.2 Å². The summed E-state index contributed by atoms with van der Waals surface area (Å²) in [6.45, 7) is 3.56. The van der Waals surface area contributed by atoms with Gasteiger partial charge >= 0.3 is 0 Å². The molecule has 0 radical (unpaired) electrons. The summed E-state index contributed by atoms with van der Waals surface area (Å²) in [4.78, 5) is 0. The first-order chi connectivity index (χ1) is 6.25. The SMILES string of the molecule is C=CC[C@H](O)[C@H](O)C1CCCCC1. The van der Waals surface area contributed by atoms with Crippen LogP contribution in [0.1, 0.15) is 38.5 Å². The van der Waals surface area contributed by atoms with E-state index in [2.05, 4.69) is 6.58 Å². The largest absolute Gasteiger partial charge is 0.390 e. The lowest BCUT2D eigenvalue weighted by Gasteiger charge is -2.29. The molecule has 2 N–H and O–H groups in total. The van der Waals surface area contributed by atoms with Gasteiger partial charge in [0.05, 0.1) is 12.2 Å².